The molecule has 1 aromatic carbocycles. The van der Waals surface area contributed by atoms with Gasteiger partial charge in [-0.1, -0.05) is 13.8 Å². The number of rotatable bonds is 7. The van der Waals surface area contributed by atoms with Crippen molar-refractivity contribution < 1.29 is 17.2 Å². The molecular formula is C13H17F2N3O2S. The molecule has 0 aliphatic heterocycles. The van der Waals surface area contributed by atoms with Gasteiger partial charge in [-0.05, 0) is 12.1 Å². The third kappa shape index (κ3) is 4.37. The zero-order valence-corrected chi connectivity index (χ0v) is 12.7. The average Bonchev–Trinajstić information content (AvgIpc) is 2.42. The molecular weight excluding hydrogens is 300 g/mol. The summed E-state index contributed by atoms with van der Waals surface area (Å²) in [5, 5.41) is 11.0. The smallest absolute Gasteiger partial charge is 0.215 e. The maximum absolute atomic E-state index is 13.6. The van der Waals surface area contributed by atoms with Crippen LogP contribution in [0.4, 0.5) is 14.5 Å². The predicted molar refractivity (Wildman–Crippen MR) is 76.3 cm³/mol. The molecule has 0 aliphatic rings. The summed E-state index contributed by atoms with van der Waals surface area (Å²) < 4.78 is 52.3. The molecule has 0 unspecified atom stereocenters. The first-order valence-corrected chi connectivity index (χ1v) is 8.07. The molecule has 1 rings (SSSR count). The van der Waals surface area contributed by atoms with E-state index in [1.807, 2.05) is 0 Å². The summed E-state index contributed by atoms with van der Waals surface area (Å²) >= 11 is 0. The SMILES string of the molecule is CCN(CC)S(=O)(=O)CCNc1c(F)cc(C#N)cc1F. The van der Waals surface area contributed by atoms with Crippen LogP contribution < -0.4 is 5.32 Å². The van der Waals surface area contributed by atoms with E-state index in [0.29, 0.717) is 13.1 Å². The Morgan fingerprint density at radius 3 is 2.19 bits per heavy atom. The van der Waals surface area contributed by atoms with Crippen LogP contribution in [0.25, 0.3) is 0 Å². The number of benzene rings is 1. The average molecular weight is 317 g/mol. The van der Waals surface area contributed by atoms with Crippen LogP contribution in [-0.2, 0) is 10.0 Å². The standard InChI is InChI=1S/C13H17F2N3O2S/c1-3-18(4-2)21(19,20)6-5-17-13-11(14)7-10(9-16)8-12(13)15/h7-8,17H,3-6H2,1-2H3. The summed E-state index contributed by atoms with van der Waals surface area (Å²) in [5.41, 5.74) is -0.560. The number of nitrogens with zero attached hydrogens (tertiary/aromatic N) is 2. The number of sulfonamides is 1. The molecule has 0 amide bonds. The maximum atomic E-state index is 13.6. The summed E-state index contributed by atoms with van der Waals surface area (Å²) in [6, 6.07) is 3.42. The fraction of sp³-hybridized carbons (Fsp3) is 0.462. The number of nitriles is 1. The second-order valence-electron chi connectivity index (χ2n) is 4.25. The Morgan fingerprint density at radius 2 is 1.76 bits per heavy atom. The van der Waals surface area contributed by atoms with Gasteiger partial charge in [-0.2, -0.15) is 5.26 Å². The molecule has 8 heteroatoms. The first-order valence-electron chi connectivity index (χ1n) is 6.46. The second-order valence-corrected chi connectivity index (χ2v) is 6.34. The molecule has 0 bridgehead atoms. The molecule has 0 saturated carbocycles. The van der Waals surface area contributed by atoms with Crippen LogP contribution in [0.3, 0.4) is 0 Å². The third-order valence-electron chi connectivity index (χ3n) is 2.93. The molecule has 0 atom stereocenters. The zero-order chi connectivity index (χ0) is 16.0. The predicted octanol–water partition coefficient (Wildman–Crippen LogP) is 1.92. The highest BCUT2D eigenvalue weighted by Crippen LogP contribution is 2.20. The normalized spacial score (nSPS) is 11.4. The van der Waals surface area contributed by atoms with Crippen molar-refractivity contribution in [2.75, 3.05) is 30.7 Å². The summed E-state index contributed by atoms with van der Waals surface area (Å²) in [6.07, 6.45) is 0. The van der Waals surface area contributed by atoms with Gasteiger partial charge in [0.05, 0.1) is 17.4 Å². The highest BCUT2D eigenvalue weighted by molar-refractivity contribution is 7.89. The van der Waals surface area contributed by atoms with Gasteiger partial charge in [-0.15, -0.1) is 0 Å². The number of anilines is 1. The molecule has 21 heavy (non-hydrogen) atoms. The Kier molecular flexibility index (Phi) is 6.05. The summed E-state index contributed by atoms with van der Waals surface area (Å²) in [4.78, 5) is 0. The van der Waals surface area contributed by atoms with E-state index in [4.69, 9.17) is 5.26 Å². The second kappa shape index (κ2) is 7.33. The number of halogens is 2. The lowest BCUT2D eigenvalue weighted by molar-refractivity contribution is 0.445. The van der Waals surface area contributed by atoms with E-state index >= 15 is 0 Å². The van der Waals surface area contributed by atoms with Crippen LogP contribution >= 0.6 is 0 Å². The highest BCUT2D eigenvalue weighted by Gasteiger charge is 2.19. The van der Waals surface area contributed by atoms with Gasteiger partial charge in [-0.25, -0.2) is 21.5 Å². The van der Waals surface area contributed by atoms with E-state index in [1.165, 1.54) is 4.31 Å². The van der Waals surface area contributed by atoms with Gasteiger partial charge in [0.2, 0.25) is 10.0 Å². The van der Waals surface area contributed by atoms with Gasteiger partial charge in [-0.3, -0.25) is 0 Å². The van der Waals surface area contributed by atoms with Crippen LogP contribution in [0.2, 0.25) is 0 Å². The van der Waals surface area contributed by atoms with Crippen molar-refractivity contribution in [3.8, 4) is 6.07 Å². The van der Waals surface area contributed by atoms with Gasteiger partial charge in [0.25, 0.3) is 0 Å². The summed E-state index contributed by atoms with van der Waals surface area (Å²) in [7, 11) is -3.46. The van der Waals surface area contributed by atoms with Gasteiger partial charge < -0.3 is 5.32 Å². The zero-order valence-electron chi connectivity index (χ0n) is 11.9. The van der Waals surface area contributed by atoms with Crippen molar-refractivity contribution in [2.24, 2.45) is 0 Å². The Labute approximate surface area is 123 Å². The van der Waals surface area contributed by atoms with Crippen molar-refractivity contribution in [2.45, 2.75) is 13.8 Å². The topological polar surface area (TPSA) is 73.2 Å². The Morgan fingerprint density at radius 1 is 1.24 bits per heavy atom. The van der Waals surface area contributed by atoms with E-state index in [1.54, 1.807) is 19.9 Å². The molecule has 0 heterocycles. The first-order chi connectivity index (χ1) is 9.85. The molecule has 1 aromatic rings. The van der Waals surface area contributed by atoms with Crippen molar-refractivity contribution in [3.05, 3.63) is 29.3 Å². The molecule has 0 aliphatic carbocycles. The molecule has 0 fully saturated rings. The minimum absolute atomic E-state index is 0.126. The van der Waals surface area contributed by atoms with Crippen LogP contribution in [-0.4, -0.2) is 38.1 Å². The van der Waals surface area contributed by atoms with Gasteiger partial charge in [0.15, 0.2) is 11.6 Å². The van der Waals surface area contributed by atoms with Crippen LogP contribution in [0.5, 0.6) is 0 Å². The van der Waals surface area contributed by atoms with Crippen LogP contribution in [0.15, 0.2) is 12.1 Å². The largest absolute Gasteiger partial charge is 0.379 e. The lowest BCUT2D eigenvalue weighted by atomic mass is 10.2. The lowest BCUT2D eigenvalue weighted by Crippen LogP contribution is -2.34. The third-order valence-corrected chi connectivity index (χ3v) is 4.96. The van der Waals surface area contributed by atoms with Crippen molar-refractivity contribution in [1.82, 2.24) is 4.31 Å². The van der Waals surface area contributed by atoms with Gasteiger partial charge in [0, 0.05) is 19.6 Å². The molecule has 0 saturated heterocycles. The maximum Gasteiger partial charge on any atom is 0.215 e. The Bertz CT molecular complexity index is 614. The number of nitrogens with one attached hydrogen (secondary N) is 1. The quantitative estimate of drug-likeness (QED) is 0.834. The lowest BCUT2D eigenvalue weighted by Gasteiger charge is -2.18. The van der Waals surface area contributed by atoms with E-state index in [0.717, 1.165) is 12.1 Å². The summed E-state index contributed by atoms with van der Waals surface area (Å²) in [5.74, 6) is -2.12. The highest BCUT2D eigenvalue weighted by atomic mass is 32.2. The van der Waals surface area contributed by atoms with Crippen LogP contribution in [0.1, 0.15) is 19.4 Å². The monoisotopic (exact) mass is 317 g/mol. The van der Waals surface area contributed by atoms with E-state index in [9.17, 15) is 17.2 Å². The molecule has 116 valence electrons. The minimum Gasteiger partial charge on any atom is -0.379 e. The first kappa shape index (κ1) is 17.3. The molecule has 5 nitrogen and oxygen atoms in total. The van der Waals surface area contributed by atoms with E-state index < -0.39 is 27.3 Å². The van der Waals surface area contributed by atoms with Gasteiger partial charge >= 0.3 is 0 Å². The van der Waals surface area contributed by atoms with Crippen LogP contribution in [0, 0.1) is 23.0 Å². The molecule has 1 N–H and O–H groups in total. The van der Waals surface area contributed by atoms with E-state index in [2.05, 4.69) is 5.32 Å². The number of hydrogen-bond donors (Lipinski definition) is 1. The fourth-order valence-corrected chi connectivity index (χ4v) is 3.26. The van der Waals surface area contributed by atoms with Crippen molar-refractivity contribution in [3.63, 3.8) is 0 Å². The molecule has 0 radical (unpaired) electrons. The minimum atomic E-state index is -3.46. The van der Waals surface area contributed by atoms with Crippen molar-refractivity contribution >= 4 is 15.7 Å². The Balaban J connectivity index is 2.76. The number of hydrogen-bond acceptors (Lipinski definition) is 4. The Hall–Kier alpha value is -1.72. The molecule has 0 spiro atoms. The van der Waals surface area contributed by atoms with E-state index in [-0.39, 0.29) is 17.9 Å². The fourth-order valence-electron chi connectivity index (χ4n) is 1.86. The molecule has 0 aromatic heterocycles. The van der Waals surface area contributed by atoms with Gasteiger partial charge in [0.1, 0.15) is 5.69 Å². The summed E-state index contributed by atoms with van der Waals surface area (Å²) in [6.45, 7) is 4.00. The van der Waals surface area contributed by atoms with Crippen molar-refractivity contribution in [1.29, 1.82) is 5.26 Å².